The molecule has 2 saturated carbocycles. The molecule has 4 nitrogen and oxygen atoms in total. The van der Waals surface area contributed by atoms with E-state index in [9.17, 15) is 0 Å². The molecule has 4 aliphatic rings. The van der Waals surface area contributed by atoms with E-state index in [0.29, 0.717) is 19.1 Å². The zero-order valence-electron chi connectivity index (χ0n) is 17.1. The van der Waals surface area contributed by atoms with Crippen LogP contribution in [-0.2, 0) is 18.9 Å². The molecule has 0 aromatic heterocycles. The average molecular weight is 377 g/mol. The fourth-order valence-electron chi connectivity index (χ4n) is 5.71. The van der Waals surface area contributed by atoms with Crippen LogP contribution < -0.4 is 0 Å². The molecule has 0 bridgehead atoms. The second kappa shape index (κ2) is 7.29. The smallest absolute Gasteiger partial charge is 0.180 e. The molecule has 4 rings (SSSR count). The zero-order valence-corrected chi connectivity index (χ0v) is 17.1. The van der Waals surface area contributed by atoms with Gasteiger partial charge in [0, 0.05) is 12.3 Å². The highest BCUT2D eigenvalue weighted by molar-refractivity contribution is 5.08. The zero-order chi connectivity index (χ0) is 19.1. The van der Waals surface area contributed by atoms with E-state index in [1.807, 2.05) is 12.2 Å². The fourth-order valence-corrected chi connectivity index (χ4v) is 5.71. The molecule has 4 heteroatoms. The Bertz CT molecular complexity index is 569. The van der Waals surface area contributed by atoms with Crippen LogP contribution in [0.4, 0.5) is 0 Å². The summed E-state index contributed by atoms with van der Waals surface area (Å²) in [5.41, 5.74) is -0.436. The van der Waals surface area contributed by atoms with Crippen molar-refractivity contribution in [2.75, 3.05) is 13.2 Å². The van der Waals surface area contributed by atoms with Gasteiger partial charge in [-0.25, -0.2) is 0 Å². The topological polar surface area (TPSA) is 36.9 Å². The maximum absolute atomic E-state index is 6.67. The first-order valence-corrected chi connectivity index (χ1v) is 10.9. The quantitative estimate of drug-likeness (QED) is 0.648. The third kappa shape index (κ3) is 3.33. The van der Waals surface area contributed by atoms with Gasteiger partial charge in [0.15, 0.2) is 11.6 Å². The Labute approximate surface area is 164 Å². The normalized spacial score (nSPS) is 50.7. The van der Waals surface area contributed by atoms with Gasteiger partial charge in [0.25, 0.3) is 0 Å². The van der Waals surface area contributed by atoms with E-state index >= 15 is 0 Å². The van der Waals surface area contributed by atoms with E-state index in [2.05, 4.69) is 27.0 Å². The standard InChI is InChI=1S/C23H36O4/c1-5-19-15-24-23(26-19,18-12-10-17(3)11-13-18)20-9-7-8-14-22(20)25-16-21(4,6-2)27-22/h5-6,17-20H,1-2,7-16H2,3-4H3/t17?,18?,19?,20?,21?,22?,23-/m0/s1. The minimum Gasteiger partial charge on any atom is -0.346 e. The van der Waals surface area contributed by atoms with Crippen molar-refractivity contribution >= 4 is 0 Å². The van der Waals surface area contributed by atoms with E-state index in [-0.39, 0.29) is 12.0 Å². The van der Waals surface area contributed by atoms with Gasteiger partial charge in [0.2, 0.25) is 0 Å². The third-order valence-corrected chi connectivity index (χ3v) is 7.38. The summed E-state index contributed by atoms with van der Waals surface area (Å²) < 4.78 is 26.3. The molecule has 27 heavy (non-hydrogen) atoms. The maximum atomic E-state index is 6.67. The van der Waals surface area contributed by atoms with Gasteiger partial charge in [-0.1, -0.05) is 38.3 Å². The number of rotatable bonds is 4. The first-order valence-electron chi connectivity index (χ1n) is 10.9. The largest absolute Gasteiger partial charge is 0.346 e. The van der Waals surface area contributed by atoms with E-state index < -0.39 is 17.2 Å². The summed E-state index contributed by atoms with van der Waals surface area (Å²) >= 11 is 0. The molecule has 2 aliphatic carbocycles. The van der Waals surface area contributed by atoms with Gasteiger partial charge in [0.1, 0.15) is 11.7 Å². The molecule has 5 atom stereocenters. The molecule has 2 saturated heterocycles. The molecular formula is C23H36O4. The summed E-state index contributed by atoms with van der Waals surface area (Å²) in [5, 5.41) is 0. The Morgan fingerprint density at radius 2 is 1.78 bits per heavy atom. The van der Waals surface area contributed by atoms with E-state index in [1.165, 1.54) is 19.3 Å². The lowest BCUT2D eigenvalue weighted by Gasteiger charge is -2.51. The highest BCUT2D eigenvalue weighted by Gasteiger charge is 2.64. The molecule has 2 aliphatic heterocycles. The minimum absolute atomic E-state index is 0.0458. The molecular weight excluding hydrogens is 340 g/mol. The van der Waals surface area contributed by atoms with E-state index in [1.54, 1.807) is 0 Å². The third-order valence-electron chi connectivity index (χ3n) is 7.38. The lowest BCUT2D eigenvalue weighted by molar-refractivity contribution is -0.334. The molecule has 0 N–H and O–H groups in total. The molecule has 0 aromatic rings. The Balaban J connectivity index is 1.68. The molecule has 2 heterocycles. The van der Waals surface area contributed by atoms with E-state index in [0.717, 1.165) is 38.0 Å². The predicted octanol–water partition coefficient (Wildman–Crippen LogP) is 4.99. The molecule has 1 spiro atoms. The SMILES string of the molecule is C=CC1CO[C@](C2CCC(C)CC2)(C2CCCCC23OCC(C)(C=C)O3)O1. The van der Waals surface area contributed by atoms with Crippen molar-refractivity contribution < 1.29 is 18.9 Å². The molecule has 152 valence electrons. The molecule has 4 unspecified atom stereocenters. The van der Waals surface area contributed by atoms with Crippen molar-refractivity contribution in [1.82, 2.24) is 0 Å². The van der Waals surface area contributed by atoms with Gasteiger partial charge in [0.05, 0.1) is 19.1 Å². The second-order valence-electron chi connectivity index (χ2n) is 9.40. The van der Waals surface area contributed by atoms with Crippen LogP contribution in [0.2, 0.25) is 0 Å². The number of ether oxygens (including phenoxy) is 4. The summed E-state index contributed by atoms with van der Waals surface area (Å²) in [6, 6.07) is 0. The van der Waals surface area contributed by atoms with Crippen LogP contribution in [0.15, 0.2) is 25.3 Å². The fraction of sp³-hybridized carbons (Fsp3) is 0.826. The monoisotopic (exact) mass is 376 g/mol. The highest BCUT2D eigenvalue weighted by Crippen LogP contribution is 2.56. The highest BCUT2D eigenvalue weighted by atomic mass is 16.8. The first-order chi connectivity index (χ1) is 13.0. The first kappa shape index (κ1) is 19.6. The molecule has 0 amide bonds. The lowest BCUT2D eigenvalue weighted by Crippen LogP contribution is -2.59. The van der Waals surface area contributed by atoms with Crippen molar-refractivity contribution in [2.45, 2.75) is 88.5 Å². The van der Waals surface area contributed by atoms with Crippen molar-refractivity contribution in [3.05, 3.63) is 25.3 Å². The van der Waals surface area contributed by atoms with Crippen LogP contribution in [0.25, 0.3) is 0 Å². The van der Waals surface area contributed by atoms with Gasteiger partial charge >= 0.3 is 0 Å². The Hall–Kier alpha value is -0.680. The average Bonchev–Trinajstić information content (AvgIpc) is 3.26. The van der Waals surface area contributed by atoms with Crippen LogP contribution in [-0.4, -0.2) is 36.5 Å². The van der Waals surface area contributed by atoms with Gasteiger partial charge in [-0.2, -0.15) is 0 Å². The molecule has 0 aromatic carbocycles. The predicted molar refractivity (Wildman–Crippen MR) is 105 cm³/mol. The van der Waals surface area contributed by atoms with Crippen LogP contribution >= 0.6 is 0 Å². The lowest BCUT2D eigenvalue weighted by atomic mass is 9.68. The van der Waals surface area contributed by atoms with Crippen molar-refractivity contribution in [2.24, 2.45) is 17.8 Å². The van der Waals surface area contributed by atoms with Crippen molar-refractivity contribution in [1.29, 1.82) is 0 Å². The Kier molecular flexibility index (Phi) is 5.30. The summed E-state index contributed by atoms with van der Waals surface area (Å²) in [6.45, 7) is 13.5. The molecule has 0 radical (unpaired) electrons. The number of hydrogen-bond acceptors (Lipinski definition) is 4. The maximum Gasteiger partial charge on any atom is 0.180 e. The van der Waals surface area contributed by atoms with Gasteiger partial charge in [-0.3, -0.25) is 0 Å². The Morgan fingerprint density at radius 3 is 2.41 bits per heavy atom. The van der Waals surface area contributed by atoms with Crippen LogP contribution in [0, 0.1) is 17.8 Å². The van der Waals surface area contributed by atoms with Gasteiger partial charge < -0.3 is 18.9 Å². The van der Waals surface area contributed by atoms with Gasteiger partial charge in [-0.05, 0) is 38.5 Å². The summed E-state index contributed by atoms with van der Waals surface area (Å²) in [4.78, 5) is 0. The van der Waals surface area contributed by atoms with Crippen molar-refractivity contribution in [3.63, 3.8) is 0 Å². The summed E-state index contributed by atoms with van der Waals surface area (Å²) in [5.74, 6) is 0.0233. The summed E-state index contributed by atoms with van der Waals surface area (Å²) in [6.07, 6.45) is 12.7. The minimum atomic E-state index is -0.625. The van der Waals surface area contributed by atoms with Crippen LogP contribution in [0.1, 0.15) is 65.2 Å². The number of hydrogen-bond donors (Lipinski definition) is 0. The van der Waals surface area contributed by atoms with E-state index in [4.69, 9.17) is 18.9 Å². The van der Waals surface area contributed by atoms with Crippen molar-refractivity contribution in [3.8, 4) is 0 Å². The molecule has 4 fully saturated rings. The Morgan fingerprint density at radius 1 is 1.00 bits per heavy atom. The van der Waals surface area contributed by atoms with Crippen LogP contribution in [0.3, 0.4) is 0 Å². The summed E-state index contributed by atoms with van der Waals surface area (Å²) in [7, 11) is 0. The second-order valence-corrected chi connectivity index (χ2v) is 9.40. The van der Waals surface area contributed by atoms with Gasteiger partial charge in [-0.15, -0.1) is 13.2 Å². The van der Waals surface area contributed by atoms with Crippen LogP contribution in [0.5, 0.6) is 0 Å².